The summed E-state index contributed by atoms with van der Waals surface area (Å²) in [6, 6.07) is 7.36. The zero-order valence-corrected chi connectivity index (χ0v) is 11.5. The van der Waals surface area contributed by atoms with Gasteiger partial charge in [-0.1, -0.05) is 6.07 Å². The standard InChI is InChI=1S/C14H21N3O2/c1-11-9-16(2)6-7-17(11)14(18)10-19-13-5-3-4-12(15)8-13/h3-5,8,11H,6-7,9-10,15H2,1-2H3. The first kappa shape index (κ1) is 13.7. The van der Waals surface area contributed by atoms with Crippen molar-refractivity contribution in [2.75, 3.05) is 39.0 Å². The van der Waals surface area contributed by atoms with Gasteiger partial charge in [0, 0.05) is 37.4 Å². The molecule has 19 heavy (non-hydrogen) atoms. The zero-order valence-electron chi connectivity index (χ0n) is 11.5. The van der Waals surface area contributed by atoms with Crippen LogP contribution in [0.1, 0.15) is 6.92 Å². The van der Waals surface area contributed by atoms with Gasteiger partial charge in [0.15, 0.2) is 6.61 Å². The van der Waals surface area contributed by atoms with Gasteiger partial charge in [-0.05, 0) is 26.1 Å². The highest BCUT2D eigenvalue weighted by molar-refractivity contribution is 5.78. The van der Waals surface area contributed by atoms with E-state index in [-0.39, 0.29) is 18.6 Å². The largest absolute Gasteiger partial charge is 0.484 e. The van der Waals surface area contributed by atoms with E-state index in [2.05, 4.69) is 18.9 Å². The minimum Gasteiger partial charge on any atom is -0.484 e. The van der Waals surface area contributed by atoms with Crippen LogP contribution >= 0.6 is 0 Å². The number of carbonyl (C=O) groups excluding carboxylic acids is 1. The maximum atomic E-state index is 12.1. The number of rotatable bonds is 3. The van der Waals surface area contributed by atoms with Gasteiger partial charge in [-0.15, -0.1) is 0 Å². The van der Waals surface area contributed by atoms with Crippen LogP contribution in [0.3, 0.4) is 0 Å². The summed E-state index contributed by atoms with van der Waals surface area (Å²) >= 11 is 0. The summed E-state index contributed by atoms with van der Waals surface area (Å²) in [6.07, 6.45) is 0. The third-order valence-corrected chi connectivity index (χ3v) is 3.37. The molecule has 0 saturated carbocycles. The van der Waals surface area contributed by atoms with Crippen LogP contribution in [0.25, 0.3) is 0 Å². The molecule has 1 unspecified atom stereocenters. The molecule has 1 aromatic carbocycles. The van der Waals surface area contributed by atoms with Crippen LogP contribution in [0, 0.1) is 0 Å². The lowest BCUT2D eigenvalue weighted by Gasteiger charge is -2.38. The SMILES string of the molecule is CC1CN(C)CCN1C(=O)COc1cccc(N)c1. The van der Waals surface area contributed by atoms with Gasteiger partial charge in [-0.2, -0.15) is 0 Å². The van der Waals surface area contributed by atoms with Gasteiger partial charge in [-0.3, -0.25) is 4.79 Å². The Bertz CT molecular complexity index is 450. The molecule has 1 heterocycles. The number of likely N-dealkylation sites (N-methyl/N-ethyl adjacent to an activating group) is 1. The number of anilines is 1. The first-order valence-electron chi connectivity index (χ1n) is 6.52. The van der Waals surface area contributed by atoms with Crippen molar-refractivity contribution in [3.63, 3.8) is 0 Å². The zero-order chi connectivity index (χ0) is 13.8. The summed E-state index contributed by atoms with van der Waals surface area (Å²) in [4.78, 5) is 16.2. The van der Waals surface area contributed by atoms with Crippen LogP contribution in [0.5, 0.6) is 5.75 Å². The predicted molar refractivity (Wildman–Crippen MR) is 75.0 cm³/mol. The molecule has 0 aliphatic carbocycles. The Morgan fingerprint density at radius 1 is 1.47 bits per heavy atom. The number of nitrogens with zero attached hydrogens (tertiary/aromatic N) is 2. The average Bonchev–Trinajstić information content (AvgIpc) is 2.36. The highest BCUT2D eigenvalue weighted by Crippen LogP contribution is 2.15. The van der Waals surface area contributed by atoms with Gasteiger partial charge in [0.25, 0.3) is 5.91 Å². The van der Waals surface area contributed by atoms with Crippen LogP contribution in [-0.4, -0.2) is 55.0 Å². The molecule has 1 aromatic rings. The Hall–Kier alpha value is -1.75. The first-order chi connectivity index (χ1) is 9.06. The van der Waals surface area contributed by atoms with Crippen molar-refractivity contribution in [2.45, 2.75) is 13.0 Å². The van der Waals surface area contributed by atoms with Gasteiger partial charge in [-0.25, -0.2) is 0 Å². The number of hydrogen-bond donors (Lipinski definition) is 1. The number of ether oxygens (including phenoxy) is 1. The number of benzene rings is 1. The molecule has 1 fully saturated rings. The molecule has 1 saturated heterocycles. The van der Waals surface area contributed by atoms with Crippen LogP contribution in [-0.2, 0) is 4.79 Å². The molecule has 2 N–H and O–H groups in total. The van der Waals surface area contributed by atoms with Crippen LogP contribution in [0.15, 0.2) is 24.3 Å². The highest BCUT2D eigenvalue weighted by Gasteiger charge is 2.25. The molecule has 5 nitrogen and oxygen atoms in total. The number of nitrogen functional groups attached to an aromatic ring is 1. The van der Waals surface area contributed by atoms with Gasteiger partial charge in [0.2, 0.25) is 0 Å². The van der Waals surface area contributed by atoms with Gasteiger partial charge in [0.05, 0.1) is 0 Å². The summed E-state index contributed by atoms with van der Waals surface area (Å²) in [5.74, 6) is 0.665. The van der Waals surface area contributed by atoms with Crippen molar-refractivity contribution < 1.29 is 9.53 Å². The molecule has 5 heteroatoms. The van der Waals surface area contributed by atoms with E-state index in [1.807, 2.05) is 11.0 Å². The van der Waals surface area contributed by atoms with E-state index in [4.69, 9.17) is 10.5 Å². The Kier molecular flexibility index (Phi) is 4.27. The molecule has 2 rings (SSSR count). The number of piperazine rings is 1. The van der Waals surface area contributed by atoms with Crippen molar-refractivity contribution in [3.05, 3.63) is 24.3 Å². The van der Waals surface area contributed by atoms with Crippen LogP contribution < -0.4 is 10.5 Å². The third-order valence-electron chi connectivity index (χ3n) is 3.37. The van der Waals surface area contributed by atoms with Crippen LogP contribution in [0.4, 0.5) is 5.69 Å². The predicted octanol–water partition coefficient (Wildman–Crippen LogP) is 0.810. The number of hydrogen-bond acceptors (Lipinski definition) is 4. The molecule has 1 aliphatic rings. The lowest BCUT2D eigenvalue weighted by atomic mass is 10.2. The smallest absolute Gasteiger partial charge is 0.260 e. The van der Waals surface area contributed by atoms with E-state index >= 15 is 0 Å². The highest BCUT2D eigenvalue weighted by atomic mass is 16.5. The molecule has 1 atom stereocenters. The van der Waals surface area contributed by atoms with E-state index in [0.29, 0.717) is 11.4 Å². The maximum absolute atomic E-state index is 12.1. The summed E-state index contributed by atoms with van der Waals surface area (Å²) < 4.78 is 5.49. The van der Waals surface area contributed by atoms with E-state index in [9.17, 15) is 4.79 Å². The number of carbonyl (C=O) groups is 1. The fraction of sp³-hybridized carbons (Fsp3) is 0.500. The van der Waals surface area contributed by atoms with E-state index in [0.717, 1.165) is 19.6 Å². The Morgan fingerprint density at radius 2 is 2.26 bits per heavy atom. The lowest BCUT2D eigenvalue weighted by Crippen LogP contribution is -2.53. The second kappa shape index (κ2) is 5.93. The van der Waals surface area contributed by atoms with Gasteiger partial charge in [0.1, 0.15) is 5.75 Å². The first-order valence-corrected chi connectivity index (χ1v) is 6.52. The average molecular weight is 263 g/mol. The fourth-order valence-electron chi connectivity index (χ4n) is 2.34. The van der Waals surface area contributed by atoms with Crippen molar-refractivity contribution in [3.8, 4) is 5.75 Å². The molecule has 0 aromatic heterocycles. The Balaban J connectivity index is 1.87. The van der Waals surface area contributed by atoms with E-state index in [1.165, 1.54) is 0 Å². The molecule has 0 spiro atoms. The number of amides is 1. The monoisotopic (exact) mass is 263 g/mol. The van der Waals surface area contributed by atoms with Crippen LogP contribution in [0.2, 0.25) is 0 Å². The molecule has 1 amide bonds. The maximum Gasteiger partial charge on any atom is 0.260 e. The normalized spacial score (nSPS) is 20.3. The van der Waals surface area contributed by atoms with Crippen molar-refractivity contribution >= 4 is 11.6 Å². The minimum absolute atomic E-state index is 0.0306. The molecule has 1 aliphatic heterocycles. The fourth-order valence-corrected chi connectivity index (χ4v) is 2.34. The van der Waals surface area contributed by atoms with Crippen molar-refractivity contribution in [2.24, 2.45) is 0 Å². The summed E-state index contributed by atoms with van der Waals surface area (Å²) in [5.41, 5.74) is 6.30. The summed E-state index contributed by atoms with van der Waals surface area (Å²) in [6.45, 7) is 4.71. The van der Waals surface area contributed by atoms with E-state index < -0.39 is 0 Å². The molecule has 104 valence electrons. The third kappa shape index (κ3) is 3.61. The van der Waals surface area contributed by atoms with Gasteiger partial charge >= 0.3 is 0 Å². The second-order valence-corrected chi connectivity index (χ2v) is 5.06. The summed E-state index contributed by atoms with van der Waals surface area (Å²) in [5, 5.41) is 0. The lowest BCUT2D eigenvalue weighted by molar-refractivity contribution is -0.137. The molecule has 0 bridgehead atoms. The minimum atomic E-state index is 0.0306. The van der Waals surface area contributed by atoms with Crippen molar-refractivity contribution in [1.29, 1.82) is 0 Å². The molecular weight excluding hydrogens is 242 g/mol. The quantitative estimate of drug-likeness (QED) is 0.820. The molecule has 0 radical (unpaired) electrons. The number of nitrogens with two attached hydrogens (primary N) is 1. The van der Waals surface area contributed by atoms with Crippen molar-refractivity contribution in [1.82, 2.24) is 9.80 Å². The topological polar surface area (TPSA) is 58.8 Å². The Labute approximate surface area is 113 Å². The second-order valence-electron chi connectivity index (χ2n) is 5.06. The van der Waals surface area contributed by atoms with Gasteiger partial charge < -0.3 is 20.3 Å². The Morgan fingerprint density at radius 3 is 2.95 bits per heavy atom. The molecular formula is C14H21N3O2. The van der Waals surface area contributed by atoms with E-state index in [1.54, 1.807) is 18.2 Å². The summed E-state index contributed by atoms with van der Waals surface area (Å²) in [7, 11) is 2.07.